The number of carbonyl (C=O) groups is 1. The molecule has 3 aromatic rings. The predicted octanol–water partition coefficient (Wildman–Crippen LogP) is 6.62. The number of phenolic OH excluding ortho intramolecular Hbond substituents is 1. The number of benzene rings is 3. The Kier molecular flexibility index (Phi) is 7.26. The van der Waals surface area contributed by atoms with E-state index in [9.17, 15) is 18.7 Å². The van der Waals surface area contributed by atoms with Gasteiger partial charge in [0.1, 0.15) is 11.5 Å². The van der Waals surface area contributed by atoms with Gasteiger partial charge in [-0.05, 0) is 47.0 Å². The standard InChI is InChI=1S/C24H20Cl2F2O4/c1-24(27,28)16-5-3-4-15(10-16)18-8-14(6-7-22(18)29)9-19-20(25)11-17(12-21(19)26)32-13-23(30)31-2/h3-8,10-12,29H,9,13H2,1-2H3. The predicted molar refractivity (Wildman–Crippen MR) is 120 cm³/mol. The molecule has 0 heterocycles. The van der Waals surface area contributed by atoms with Gasteiger partial charge in [-0.15, -0.1) is 0 Å². The van der Waals surface area contributed by atoms with Gasteiger partial charge >= 0.3 is 5.97 Å². The van der Waals surface area contributed by atoms with Crippen LogP contribution in [0, 0.1) is 0 Å². The van der Waals surface area contributed by atoms with Crippen LogP contribution in [0.1, 0.15) is 23.6 Å². The lowest BCUT2D eigenvalue weighted by Gasteiger charge is -2.14. The highest BCUT2D eigenvalue weighted by atomic mass is 35.5. The van der Waals surface area contributed by atoms with Crippen molar-refractivity contribution in [3.63, 3.8) is 0 Å². The number of hydrogen-bond donors (Lipinski definition) is 1. The summed E-state index contributed by atoms with van der Waals surface area (Å²) in [7, 11) is 1.25. The van der Waals surface area contributed by atoms with E-state index in [0.29, 0.717) is 38.9 Å². The largest absolute Gasteiger partial charge is 0.507 e. The van der Waals surface area contributed by atoms with Crippen LogP contribution in [0.2, 0.25) is 10.0 Å². The average molecular weight is 481 g/mol. The molecule has 0 radical (unpaired) electrons. The molecule has 0 aliphatic heterocycles. The minimum atomic E-state index is -3.00. The zero-order chi connectivity index (χ0) is 23.5. The summed E-state index contributed by atoms with van der Waals surface area (Å²) in [6, 6.07) is 13.9. The highest BCUT2D eigenvalue weighted by Crippen LogP contribution is 2.37. The minimum Gasteiger partial charge on any atom is -0.507 e. The number of halogens is 4. The second-order valence-corrected chi connectivity index (χ2v) is 8.04. The highest BCUT2D eigenvalue weighted by molar-refractivity contribution is 6.36. The van der Waals surface area contributed by atoms with Crippen LogP contribution in [0.25, 0.3) is 11.1 Å². The molecule has 0 aliphatic carbocycles. The second kappa shape index (κ2) is 9.76. The van der Waals surface area contributed by atoms with Crippen molar-refractivity contribution < 1.29 is 28.2 Å². The fourth-order valence-electron chi connectivity index (χ4n) is 3.12. The molecular formula is C24H20Cl2F2O4. The Bertz CT molecular complexity index is 1120. The first kappa shape index (κ1) is 23.8. The average Bonchev–Trinajstić information content (AvgIpc) is 2.75. The molecule has 0 saturated carbocycles. The van der Waals surface area contributed by atoms with Gasteiger partial charge < -0.3 is 14.6 Å². The Morgan fingerprint density at radius 2 is 1.75 bits per heavy atom. The third kappa shape index (κ3) is 5.69. The van der Waals surface area contributed by atoms with Crippen molar-refractivity contribution in [2.75, 3.05) is 13.7 Å². The Morgan fingerprint density at radius 1 is 1.06 bits per heavy atom. The van der Waals surface area contributed by atoms with E-state index in [-0.39, 0.29) is 17.9 Å². The van der Waals surface area contributed by atoms with Gasteiger partial charge in [0, 0.05) is 34.5 Å². The molecule has 0 saturated heterocycles. The lowest BCUT2D eigenvalue weighted by molar-refractivity contribution is -0.142. The maximum atomic E-state index is 13.7. The molecule has 0 aromatic heterocycles. The van der Waals surface area contributed by atoms with Gasteiger partial charge in [0.05, 0.1) is 7.11 Å². The van der Waals surface area contributed by atoms with Gasteiger partial charge in [-0.2, -0.15) is 0 Å². The van der Waals surface area contributed by atoms with E-state index in [1.165, 1.54) is 31.4 Å². The molecule has 0 amide bonds. The SMILES string of the molecule is COC(=O)COc1cc(Cl)c(Cc2ccc(O)c(-c3cccc(C(C)(F)F)c3)c2)c(Cl)c1. The van der Waals surface area contributed by atoms with Crippen LogP contribution in [0.15, 0.2) is 54.6 Å². The molecule has 0 atom stereocenters. The van der Waals surface area contributed by atoms with E-state index in [1.54, 1.807) is 30.3 Å². The minimum absolute atomic E-state index is 0.0333. The van der Waals surface area contributed by atoms with Crippen molar-refractivity contribution in [2.24, 2.45) is 0 Å². The molecule has 0 bridgehead atoms. The van der Waals surface area contributed by atoms with Gasteiger partial charge in [0.25, 0.3) is 5.92 Å². The summed E-state index contributed by atoms with van der Waals surface area (Å²) in [5.74, 6) is -3.25. The number of carbonyl (C=O) groups excluding carboxylic acids is 1. The third-order valence-corrected chi connectivity index (χ3v) is 5.50. The van der Waals surface area contributed by atoms with E-state index in [2.05, 4.69) is 4.74 Å². The van der Waals surface area contributed by atoms with Crippen molar-refractivity contribution in [2.45, 2.75) is 19.3 Å². The smallest absolute Gasteiger partial charge is 0.343 e. The number of aromatic hydroxyl groups is 1. The van der Waals surface area contributed by atoms with Crippen molar-refractivity contribution >= 4 is 29.2 Å². The van der Waals surface area contributed by atoms with Crippen LogP contribution in [-0.4, -0.2) is 24.8 Å². The van der Waals surface area contributed by atoms with E-state index < -0.39 is 11.9 Å². The number of hydrogen-bond acceptors (Lipinski definition) is 4. The zero-order valence-corrected chi connectivity index (χ0v) is 18.8. The third-order valence-electron chi connectivity index (χ3n) is 4.82. The number of methoxy groups -OCH3 is 1. The molecule has 0 fully saturated rings. The van der Waals surface area contributed by atoms with Crippen LogP contribution < -0.4 is 4.74 Å². The van der Waals surface area contributed by atoms with Crippen molar-refractivity contribution in [3.8, 4) is 22.6 Å². The lowest BCUT2D eigenvalue weighted by Crippen LogP contribution is -2.12. The maximum Gasteiger partial charge on any atom is 0.343 e. The fraction of sp³-hybridized carbons (Fsp3) is 0.208. The topological polar surface area (TPSA) is 55.8 Å². The molecular weight excluding hydrogens is 461 g/mol. The maximum absolute atomic E-state index is 13.7. The van der Waals surface area contributed by atoms with Crippen LogP contribution in [0.5, 0.6) is 11.5 Å². The van der Waals surface area contributed by atoms with Gasteiger partial charge in [0.2, 0.25) is 0 Å². The second-order valence-electron chi connectivity index (χ2n) is 7.23. The monoisotopic (exact) mass is 480 g/mol. The molecule has 3 aromatic carbocycles. The number of rotatable bonds is 7. The Balaban J connectivity index is 1.89. The van der Waals surface area contributed by atoms with Crippen molar-refractivity contribution in [3.05, 3.63) is 81.3 Å². The zero-order valence-electron chi connectivity index (χ0n) is 17.3. The Hall–Kier alpha value is -2.83. The fourth-order valence-corrected chi connectivity index (χ4v) is 3.72. The Labute approximate surface area is 194 Å². The first-order chi connectivity index (χ1) is 15.1. The molecule has 3 rings (SSSR count). The van der Waals surface area contributed by atoms with Gasteiger partial charge in [-0.3, -0.25) is 0 Å². The quantitative estimate of drug-likeness (QED) is 0.386. The molecule has 32 heavy (non-hydrogen) atoms. The van der Waals surface area contributed by atoms with E-state index in [4.69, 9.17) is 27.9 Å². The van der Waals surface area contributed by atoms with Crippen molar-refractivity contribution in [1.82, 2.24) is 0 Å². The molecule has 0 spiro atoms. The highest BCUT2D eigenvalue weighted by Gasteiger charge is 2.24. The Morgan fingerprint density at radius 3 is 2.38 bits per heavy atom. The lowest BCUT2D eigenvalue weighted by atomic mass is 9.96. The molecule has 0 aliphatic rings. The van der Waals surface area contributed by atoms with Crippen LogP contribution in [-0.2, 0) is 21.9 Å². The normalized spacial score (nSPS) is 11.3. The summed E-state index contributed by atoms with van der Waals surface area (Å²) in [6.07, 6.45) is 0.325. The number of phenols is 1. The van der Waals surface area contributed by atoms with Crippen molar-refractivity contribution in [1.29, 1.82) is 0 Å². The molecule has 4 nitrogen and oxygen atoms in total. The van der Waals surface area contributed by atoms with Crippen LogP contribution >= 0.6 is 23.2 Å². The van der Waals surface area contributed by atoms with Crippen LogP contribution in [0.3, 0.4) is 0 Å². The summed E-state index contributed by atoms with van der Waals surface area (Å²) >= 11 is 12.8. The summed E-state index contributed by atoms with van der Waals surface area (Å²) in [4.78, 5) is 11.2. The first-order valence-electron chi connectivity index (χ1n) is 9.56. The first-order valence-corrected chi connectivity index (χ1v) is 10.3. The summed E-state index contributed by atoms with van der Waals surface area (Å²) in [5, 5.41) is 11.0. The molecule has 1 N–H and O–H groups in total. The van der Waals surface area contributed by atoms with E-state index in [0.717, 1.165) is 12.5 Å². The van der Waals surface area contributed by atoms with E-state index in [1.807, 2.05) is 0 Å². The summed E-state index contributed by atoms with van der Waals surface area (Å²) < 4.78 is 37.3. The van der Waals surface area contributed by atoms with E-state index >= 15 is 0 Å². The van der Waals surface area contributed by atoms with Gasteiger partial charge in [-0.25, -0.2) is 13.6 Å². The number of ether oxygens (including phenoxy) is 2. The number of esters is 1. The number of alkyl halides is 2. The molecule has 8 heteroatoms. The molecule has 168 valence electrons. The molecule has 0 unspecified atom stereocenters. The van der Waals surface area contributed by atoms with Gasteiger partial charge in [-0.1, -0.05) is 47.5 Å². The van der Waals surface area contributed by atoms with Gasteiger partial charge in [0.15, 0.2) is 6.61 Å². The van der Waals surface area contributed by atoms with Crippen LogP contribution in [0.4, 0.5) is 8.78 Å². The summed E-state index contributed by atoms with van der Waals surface area (Å²) in [5.41, 5.74) is 2.11. The summed E-state index contributed by atoms with van der Waals surface area (Å²) in [6.45, 7) is 0.546.